The molecule has 1 aliphatic rings. The van der Waals surface area contributed by atoms with Crippen LogP contribution in [0.4, 0.5) is 24.8 Å². The van der Waals surface area contributed by atoms with Gasteiger partial charge in [0.05, 0.1) is 12.2 Å². The van der Waals surface area contributed by atoms with E-state index in [1.54, 1.807) is 4.90 Å². The lowest BCUT2D eigenvalue weighted by atomic mass is 10.2. The van der Waals surface area contributed by atoms with Crippen molar-refractivity contribution in [3.8, 4) is 0 Å². The highest BCUT2D eigenvalue weighted by atomic mass is 19.4. The molecular weight excluding hydrogens is 271 g/mol. The molecule has 3 N–H and O–H groups in total. The Morgan fingerprint density at radius 2 is 1.95 bits per heavy atom. The largest absolute Gasteiger partial charge is 0.416 e. The van der Waals surface area contributed by atoms with Gasteiger partial charge in [0.15, 0.2) is 0 Å². The van der Waals surface area contributed by atoms with Crippen LogP contribution in [-0.4, -0.2) is 29.3 Å². The molecule has 1 fully saturated rings. The number of rotatable bonds is 4. The molecule has 0 amide bonds. The van der Waals surface area contributed by atoms with Crippen molar-refractivity contribution in [3.05, 3.63) is 17.7 Å². The van der Waals surface area contributed by atoms with E-state index in [4.69, 9.17) is 10.8 Å². The summed E-state index contributed by atoms with van der Waals surface area (Å²) in [6.45, 7) is 0.132. The second-order valence-corrected chi connectivity index (χ2v) is 4.99. The molecule has 0 unspecified atom stereocenters. The summed E-state index contributed by atoms with van der Waals surface area (Å²) in [5, 5.41) is 9.13. The van der Waals surface area contributed by atoms with E-state index < -0.39 is 11.7 Å². The van der Waals surface area contributed by atoms with E-state index in [9.17, 15) is 13.2 Å². The van der Waals surface area contributed by atoms with Gasteiger partial charge in [-0.3, -0.25) is 0 Å². The summed E-state index contributed by atoms with van der Waals surface area (Å²) in [5.41, 5.74) is 4.68. The SMILES string of the molecule is Nc1cc(C(F)(F)F)cc(N(CCO)C2CCCC2)n1. The molecule has 2 rings (SSSR count). The number of anilines is 2. The zero-order chi connectivity index (χ0) is 14.8. The van der Waals surface area contributed by atoms with E-state index in [1.165, 1.54) is 0 Å². The van der Waals surface area contributed by atoms with Crippen LogP contribution < -0.4 is 10.6 Å². The van der Waals surface area contributed by atoms with Crippen LogP contribution in [0.2, 0.25) is 0 Å². The Morgan fingerprint density at radius 3 is 2.50 bits per heavy atom. The molecule has 0 saturated heterocycles. The zero-order valence-corrected chi connectivity index (χ0v) is 11.0. The van der Waals surface area contributed by atoms with Gasteiger partial charge in [-0.1, -0.05) is 12.8 Å². The quantitative estimate of drug-likeness (QED) is 0.893. The molecule has 1 aromatic rings. The number of hydrogen-bond donors (Lipinski definition) is 2. The highest BCUT2D eigenvalue weighted by Gasteiger charge is 2.33. The second-order valence-electron chi connectivity index (χ2n) is 4.99. The molecule has 0 aromatic carbocycles. The fraction of sp³-hybridized carbons (Fsp3) is 0.615. The van der Waals surface area contributed by atoms with E-state index in [0.717, 1.165) is 37.8 Å². The van der Waals surface area contributed by atoms with Crippen LogP contribution in [-0.2, 0) is 6.18 Å². The fourth-order valence-corrected chi connectivity index (χ4v) is 2.66. The van der Waals surface area contributed by atoms with E-state index >= 15 is 0 Å². The second kappa shape index (κ2) is 5.87. The van der Waals surface area contributed by atoms with Gasteiger partial charge in [-0.2, -0.15) is 13.2 Å². The molecule has 20 heavy (non-hydrogen) atoms. The van der Waals surface area contributed by atoms with Gasteiger partial charge in [0.2, 0.25) is 0 Å². The summed E-state index contributed by atoms with van der Waals surface area (Å²) >= 11 is 0. The molecule has 112 valence electrons. The molecule has 1 aliphatic carbocycles. The van der Waals surface area contributed by atoms with E-state index in [-0.39, 0.29) is 30.8 Å². The van der Waals surface area contributed by atoms with Crippen LogP contribution in [0.3, 0.4) is 0 Å². The predicted molar refractivity (Wildman–Crippen MR) is 70.3 cm³/mol. The topological polar surface area (TPSA) is 62.4 Å². The molecule has 1 saturated carbocycles. The van der Waals surface area contributed by atoms with Crippen molar-refractivity contribution in [2.75, 3.05) is 23.8 Å². The normalized spacial score (nSPS) is 16.6. The van der Waals surface area contributed by atoms with Crippen molar-refractivity contribution >= 4 is 11.6 Å². The minimum absolute atomic E-state index is 0.123. The average molecular weight is 289 g/mol. The number of aliphatic hydroxyl groups excluding tert-OH is 1. The van der Waals surface area contributed by atoms with E-state index in [2.05, 4.69) is 4.98 Å². The van der Waals surface area contributed by atoms with Gasteiger partial charge in [0.1, 0.15) is 11.6 Å². The summed E-state index contributed by atoms with van der Waals surface area (Å²) in [6.07, 6.45) is -0.565. The lowest BCUT2D eigenvalue weighted by Gasteiger charge is -2.30. The maximum Gasteiger partial charge on any atom is 0.416 e. The fourth-order valence-electron chi connectivity index (χ4n) is 2.66. The van der Waals surface area contributed by atoms with Crippen molar-refractivity contribution in [1.82, 2.24) is 4.98 Å². The molecule has 1 heterocycles. The highest BCUT2D eigenvalue weighted by Crippen LogP contribution is 2.34. The minimum Gasteiger partial charge on any atom is -0.395 e. The van der Waals surface area contributed by atoms with Crippen molar-refractivity contribution in [1.29, 1.82) is 0 Å². The van der Waals surface area contributed by atoms with Gasteiger partial charge in [0, 0.05) is 12.6 Å². The molecule has 0 atom stereocenters. The molecule has 0 spiro atoms. The summed E-state index contributed by atoms with van der Waals surface area (Å²) < 4.78 is 38.5. The first-order valence-corrected chi connectivity index (χ1v) is 6.64. The Bertz CT molecular complexity index is 459. The Hall–Kier alpha value is -1.50. The third-order valence-electron chi connectivity index (χ3n) is 3.56. The molecule has 4 nitrogen and oxygen atoms in total. The lowest BCUT2D eigenvalue weighted by molar-refractivity contribution is -0.137. The number of aromatic nitrogens is 1. The number of alkyl halides is 3. The molecular formula is C13H18F3N3O. The Morgan fingerprint density at radius 1 is 1.30 bits per heavy atom. The summed E-state index contributed by atoms with van der Waals surface area (Å²) in [5.74, 6) is 0.0361. The van der Waals surface area contributed by atoms with Gasteiger partial charge in [-0.05, 0) is 25.0 Å². The highest BCUT2D eigenvalue weighted by molar-refractivity contribution is 5.50. The molecule has 1 aromatic heterocycles. The molecule has 7 heteroatoms. The number of nitrogen functional groups attached to an aromatic ring is 1. The molecule has 0 aliphatic heterocycles. The van der Waals surface area contributed by atoms with Gasteiger partial charge >= 0.3 is 6.18 Å². The van der Waals surface area contributed by atoms with Crippen LogP contribution >= 0.6 is 0 Å². The number of aliphatic hydroxyl groups is 1. The average Bonchev–Trinajstić information content (AvgIpc) is 2.87. The monoisotopic (exact) mass is 289 g/mol. The Labute approximate surface area is 115 Å². The maximum absolute atomic E-state index is 12.8. The standard InChI is InChI=1S/C13H18F3N3O/c14-13(15,16)9-7-11(17)18-12(8-9)19(5-6-20)10-3-1-2-4-10/h7-8,10,20H,1-6H2,(H2,17,18). The number of pyridine rings is 1. The van der Waals surface area contributed by atoms with Gasteiger partial charge in [0.25, 0.3) is 0 Å². The maximum atomic E-state index is 12.8. The van der Waals surface area contributed by atoms with E-state index in [0.29, 0.717) is 0 Å². The third kappa shape index (κ3) is 3.33. The third-order valence-corrected chi connectivity index (χ3v) is 3.56. The first-order valence-electron chi connectivity index (χ1n) is 6.64. The van der Waals surface area contributed by atoms with Crippen LogP contribution in [0, 0.1) is 0 Å². The van der Waals surface area contributed by atoms with Crippen LogP contribution in [0.5, 0.6) is 0 Å². The summed E-state index contributed by atoms with van der Waals surface area (Å²) in [4.78, 5) is 5.74. The number of hydrogen-bond acceptors (Lipinski definition) is 4. The molecule has 0 radical (unpaired) electrons. The van der Waals surface area contributed by atoms with Gasteiger partial charge in [-0.15, -0.1) is 0 Å². The summed E-state index contributed by atoms with van der Waals surface area (Å²) in [7, 11) is 0. The van der Waals surface area contributed by atoms with Crippen molar-refractivity contribution in [2.45, 2.75) is 37.9 Å². The zero-order valence-electron chi connectivity index (χ0n) is 11.0. The van der Waals surface area contributed by atoms with Crippen LogP contribution in [0.1, 0.15) is 31.2 Å². The van der Waals surface area contributed by atoms with Gasteiger partial charge in [-0.25, -0.2) is 4.98 Å². The van der Waals surface area contributed by atoms with Crippen LogP contribution in [0.15, 0.2) is 12.1 Å². The Kier molecular flexibility index (Phi) is 4.37. The number of halogens is 3. The summed E-state index contributed by atoms with van der Waals surface area (Å²) in [6, 6.07) is 1.96. The minimum atomic E-state index is -4.45. The lowest BCUT2D eigenvalue weighted by Crippen LogP contribution is -2.36. The Balaban J connectivity index is 2.34. The number of nitrogens with zero attached hydrogens (tertiary/aromatic N) is 2. The predicted octanol–water partition coefficient (Wildman–Crippen LogP) is 2.42. The first kappa shape index (κ1) is 14.9. The van der Waals surface area contributed by atoms with Crippen molar-refractivity contribution in [3.63, 3.8) is 0 Å². The van der Waals surface area contributed by atoms with Crippen molar-refractivity contribution in [2.24, 2.45) is 0 Å². The smallest absolute Gasteiger partial charge is 0.395 e. The number of nitrogens with two attached hydrogens (primary N) is 1. The van der Waals surface area contributed by atoms with Gasteiger partial charge < -0.3 is 15.7 Å². The first-order chi connectivity index (χ1) is 9.41. The van der Waals surface area contributed by atoms with Crippen LogP contribution in [0.25, 0.3) is 0 Å². The molecule has 0 bridgehead atoms. The van der Waals surface area contributed by atoms with E-state index in [1.807, 2.05) is 0 Å². The van der Waals surface area contributed by atoms with Crippen molar-refractivity contribution < 1.29 is 18.3 Å².